The van der Waals surface area contributed by atoms with Gasteiger partial charge in [0.2, 0.25) is 0 Å². The summed E-state index contributed by atoms with van der Waals surface area (Å²) in [6.45, 7) is 7.73. The highest BCUT2D eigenvalue weighted by Crippen LogP contribution is 2.14. The van der Waals surface area contributed by atoms with Crippen molar-refractivity contribution in [1.82, 2.24) is 5.32 Å². The lowest BCUT2D eigenvalue weighted by Gasteiger charge is -2.16. The van der Waals surface area contributed by atoms with E-state index in [1.807, 2.05) is 33.8 Å². The average Bonchev–Trinajstić information content (AvgIpc) is 2.59. The normalized spacial score (nSPS) is 12.5. The highest BCUT2D eigenvalue weighted by Gasteiger charge is 2.21. The van der Waals surface area contributed by atoms with Crippen molar-refractivity contribution in [2.75, 3.05) is 13.7 Å². The van der Waals surface area contributed by atoms with Gasteiger partial charge in [0, 0.05) is 19.5 Å². The number of ether oxygens (including phenoxy) is 1. The second-order valence-corrected chi connectivity index (χ2v) is 5.01. The fraction of sp³-hybridized carbons (Fsp3) is 0.500. The second kappa shape index (κ2) is 11.5. The van der Waals surface area contributed by atoms with Gasteiger partial charge in [-0.05, 0) is 30.5 Å². The first-order chi connectivity index (χ1) is 11.4. The number of aryl methyl sites for hydroxylation is 1. The molecule has 0 fully saturated rings. The Hall–Kier alpha value is -2.08. The van der Waals surface area contributed by atoms with Crippen LogP contribution < -0.4 is 16.8 Å². The predicted molar refractivity (Wildman–Crippen MR) is 95.7 cm³/mol. The lowest BCUT2D eigenvalue weighted by Crippen LogP contribution is -2.34. The third-order valence-corrected chi connectivity index (χ3v) is 3.53. The summed E-state index contributed by atoms with van der Waals surface area (Å²) in [6, 6.07) is 4.35. The first kappa shape index (κ1) is 21.9. The topological polar surface area (TPSA) is 90.4 Å². The average molecular weight is 339 g/mol. The molecule has 0 bridgehead atoms. The Bertz CT molecular complexity index is 539. The van der Waals surface area contributed by atoms with Crippen LogP contribution in [0.3, 0.4) is 0 Å². The van der Waals surface area contributed by atoms with Crippen molar-refractivity contribution in [1.29, 1.82) is 0 Å². The van der Waals surface area contributed by atoms with Crippen molar-refractivity contribution in [3.05, 3.63) is 46.5 Å². The molecule has 0 radical (unpaired) electrons. The maximum absolute atomic E-state index is 13.7. The van der Waals surface area contributed by atoms with Gasteiger partial charge < -0.3 is 21.5 Å². The van der Waals surface area contributed by atoms with Crippen LogP contribution >= 0.6 is 0 Å². The standard InChI is InChI=1S/C16H24FN3O2.C2H6/c1-4-13(18)14(15(19)20-3)16(21)22-9-8-11-10(2)6-5-7-12(11)17;1-2/h5-7,13,20H,4,8-9,18-19H2,1-3H3;1-2H3/b15-14+;. The zero-order valence-corrected chi connectivity index (χ0v) is 15.3. The first-order valence-electron chi connectivity index (χ1n) is 8.26. The van der Waals surface area contributed by atoms with E-state index in [1.165, 1.54) is 6.07 Å². The summed E-state index contributed by atoms with van der Waals surface area (Å²) in [5, 5.41) is 2.70. The molecule has 0 heterocycles. The quantitative estimate of drug-likeness (QED) is 0.524. The minimum absolute atomic E-state index is 0.0670. The van der Waals surface area contributed by atoms with Gasteiger partial charge in [0.1, 0.15) is 11.6 Å². The van der Waals surface area contributed by atoms with Crippen LogP contribution in [0.5, 0.6) is 0 Å². The molecule has 0 saturated carbocycles. The van der Waals surface area contributed by atoms with Crippen LogP contribution in [0.2, 0.25) is 0 Å². The van der Waals surface area contributed by atoms with Crippen molar-refractivity contribution in [3.63, 3.8) is 0 Å². The molecule has 0 aliphatic carbocycles. The van der Waals surface area contributed by atoms with Crippen LogP contribution in [0.1, 0.15) is 38.3 Å². The van der Waals surface area contributed by atoms with E-state index in [2.05, 4.69) is 5.32 Å². The summed E-state index contributed by atoms with van der Waals surface area (Å²) < 4.78 is 18.9. The van der Waals surface area contributed by atoms with Gasteiger partial charge in [-0.25, -0.2) is 9.18 Å². The van der Waals surface area contributed by atoms with Crippen LogP contribution in [0.4, 0.5) is 4.39 Å². The van der Waals surface area contributed by atoms with Gasteiger partial charge in [-0.3, -0.25) is 0 Å². The van der Waals surface area contributed by atoms with Crippen molar-refractivity contribution >= 4 is 5.97 Å². The number of halogens is 1. The van der Waals surface area contributed by atoms with E-state index in [0.717, 1.165) is 5.56 Å². The van der Waals surface area contributed by atoms with Crippen LogP contribution in [0.25, 0.3) is 0 Å². The highest BCUT2D eigenvalue weighted by molar-refractivity contribution is 5.90. The number of benzene rings is 1. The van der Waals surface area contributed by atoms with Gasteiger partial charge in [0.15, 0.2) is 0 Å². The SMILES string of the molecule is CC.CCC(N)/C(C(=O)OCCc1c(C)cccc1F)=C(/N)NC. The minimum Gasteiger partial charge on any atom is -0.462 e. The molecular formula is C18H30FN3O2. The molecule has 1 atom stereocenters. The molecule has 136 valence electrons. The van der Waals surface area contributed by atoms with E-state index in [0.29, 0.717) is 18.4 Å². The number of hydrogen-bond donors (Lipinski definition) is 3. The summed E-state index contributed by atoms with van der Waals surface area (Å²) in [5.74, 6) is -0.677. The number of esters is 1. The van der Waals surface area contributed by atoms with Crippen molar-refractivity contribution in [2.45, 2.75) is 46.6 Å². The van der Waals surface area contributed by atoms with Crippen molar-refractivity contribution < 1.29 is 13.9 Å². The van der Waals surface area contributed by atoms with Crippen LogP contribution in [-0.2, 0) is 16.0 Å². The molecule has 1 aromatic rings. The predicted octanol–water partition coefficient (Wildman–Crippen LogP) is 2.37. The number of hydrogen-bond acceptors (Lipinski definition) is 5. The lowest BCUT2D eigenvalue weighted by atomic mass is 10.0. The van der Waals surface area contributed by atoms with Gasteiger partial charge in [0.05, 0.1) is 12.2 Å². The molecule has 0 aliphatic heterocycles. The molecule has 1 rings (SSSR count). The lowest BCUT2D eigenvalue weighted by molar-refractivity contribution is -0.139. The summed E-state index contributed by atoms with van der Waals surface area (Å²) in [7, 11) is 1.60. The van der Waals surface area contributed by atoms with E-state index >= 15 is 0 Å². The van der Waals surface area contributed by atoms with Crippen molar-refractivity contribution in [2.24, 2.45) is 11.5 Å². The maximum Gasteiger partial charge on any atom is 0.339 e. The largest absolute Gasteiger partial charge is 0.462 e. The smallest absolute Gasteiger partial charge is 0.339 e. The number of rotatable bonds is 7. The van der Waals surface area contributed by atoms with E-state index < -0.39 is 12.0 Å². The summed E-state index contributed by atoms with van der Waals surface area (Å²) >= 11 is 0. The molecule has 5 N–H and O–H groups in total. The minimum atomic E-state index is -0.574. The van der Waals surface area contributed by atoms with E-state index in [-0.39, 0.29) is 23.8 Å². The molecule has 24 heavy (non-hydrogen) atoms. The fourth-order valence-corrected chi connectivity index (χ4v) is 2.11. The number of carbonyl (C=O) groups is 1. The Morgan fingerprint density at radius 1 is 1.38 bits per heavy atom. The third kappa shape index (κ3) is 6.20. The molecule has 0 aromatic heterocycles. The molecule has 5 nitrogen and oxygen atoms in total. The first-order valence-corrected chi connectivity index (χ1v) is 8.26. The fourth-order valence-electron chi connectivity index (χ4n) is 2.11. The van der Waals surface area contributed by atoms with Gasteiger partial charge in [-0.15, -0.1) is 0 Å². The Kier molecular flexibility index (Phi) is 10.5. The molecule has 0 spiro atoms. The highest BCUT2D eigenvalue weighted by atomic mass is 19.1. The zero-order valence-electron chi connectivity index (χ0n) is 15.3. The molecule has 1 aromatic carbocycles. The zero-order chi connectivity index (χ0) is 18.7. The Balaban J connectivity index is 0.00000254. The number of carbonyl (C=O) groups excluding carboxylic acids is 1. The molecule has 0 aliphatic rings. The van der Waals surface area contributed by atoms with Crippen LogP contribution in [0, 0.1) is 12.7 Å². The monoisotopic (exact) mass is 339 g/mol. The van der Waals surface area contributed by atoms with Crippen molar-refractivity contribution in [3.8, 4) is 0 Å². The third-order valence-electron chi connectivity index (χ3n) is 3.53. The van der Waals surface area contributed by atoms with Gasteiger partial charge >= 0.3 is 5.97 Å². The Morgan fingerprint density at radius 2 is 2.00 bits per heavy atom. The number of nitrogens with two attached hydrogens (primary N) is 2. The molecule has 0 saturated heterocycles. The van der Waals surface area contributed by atoms with Crippen LogP contribution in [-0.4, -0.2) is 25.7 Å². The second-order valence-electron chi connectivity index (χ2n) is 5.01. The Morgan fingerprint density at radius 3 is 2.50 bits per heavy atom. The van der Waals surface area contributed by atoms with Gasteiger partial charge in [0.25, 0.3) is 0 Å². The summed E-state index contributed by atoms with van der Waals surface area (Å²) in [5.41, 5.74) is 13.2. The van der Waals surface area contributed by atoms with E-state index in [9.17, 15) is 9.18 Å². The molecular weight excluding hydrogens is 309 g/mol. The summed E-state index contributed by atoms with van der Waals surface area (Å²) in [4.78, 5) is 12.1. The molecule has 6 heteroatoms. The summed E-state index contributed by atoms with van der Waals surface area (Å²) in [6.07, 6.45) is 0.859. The van der Waals surface area contributed by atoms with Gasteiger partial charge in [-0.1, -0.05) is 32.9 Å². The molecule has 0 amide bonds. The Labute approximate surface area is 144 Å². The van der Waals surface area contributed by atoms with E-state index in [4.69, 9.17) is 16.2 Å². The molecule has 1 unspecified atom stereocenters. The maximum atomic E-state index is 13.7. The van der Waals surface area contributed by atoms with Gasteiger partial charge in [-0.2, -0.15) is 0 Å². The number of nitrogens with one attached hydrogen (secondary N) is 1. The van der Waals surface area contributed by atoms with Crippen LogP contribution in [0.15, 0.2) is 29.6 Å². The van der Waals surface area contributed by atoms with E-state index in [1.54, 1.807) is 13.1 Å².